The number of nitrogens with one attached hydrogen (secondary N) is 3. The number of aromatic nitrogens is 16. The van der Waals surface area contributed by atoms with E-state index in [4.69, 9.17) is 209 Å². The van der Waals surface area contributed by atoms with Crippen molar-refractivity contribution in [2.24, 2.45) is 0 Å². The number of aromatic amines is 3. The molecule has 14 heterocycles. The number of aliphatic hydroxyl groups excluding tert-OH is 1. The molecule has 0 saturated carbocycles. The van der Waals surface area contributed by atoms with E-state index in [1.165, 1.54) is 78.6 Å². The van der Waals surface area contributed by atoms with E-state index in [2.05, 4.69) is 49.8 Å². The Kier molecular flexibility index (Phi) is 38.7. The van der Waals surface area contributed by atoms with Crippen LogP contribution in [0.2, 0.25) is 0 Å². The normalized spacial score (nSPS) is 29.1. The number of fused-ring (bicyclic) bond motifs is 2. The van der Waals surface area contributed by atoms with Crippen LogP contribution in [0.4, 0.5) is 29.4 Å². The summed E-state index contributed by atoms with van der Waals surface area (Å²) in [5.41, 5.74) is 24.2. The summed E-state index contributed by atoms with van der Waals surface area (Å²) in [6.07, 6.45) is -29.6. The van der Waals surface area contributed by atoms with Gasteiger partial charge in [0.15, 0.2) is 60.3 Å². The fourth-order valence-electron chi connectivity index (χ4n) is 16.4. The van der Waals surface area contributed by atoms with Crippen molar-refractivity contribution in [1.29, 1.82) is 0 Å². The summed E-state index contributed by atoms with van der Waals surface area (Å²) in [7, 11) is 5.33. The first-order valence-corrected chi connectivity index (χ1v) is 57.3. The van der Waals surface area contributed by atoms with Gasteiger partial charge in [-0.05, 0) is 41.0 Å². The van der Waals surface area contributed by atoms with E-state index in [1.54, 1.807) is 20.8 Å². The van der Waals surface area contributed by atoms with Gasteiger partial charge in [0.25, 0.3) is 16.7 Å². The number of ether oxygens (including phenoxy) is 16. The van der Waals surface area contributed by atoms with Gasteiger partial charge in [0.2, 0.25) is 11.9 Å². The molecule has 810 valence electrons. The maximum atomic E-state index is 15.7. The number of imidazole rings is 2. The number of nitrogens with two attached hydrogens (primary N) is 5. The van der Waals surface area contributed by atoms with Crippen LogP contribution >= 0.6 is 33.7 Å². The summed E-state index contributed by atoms with van der Waals surface area (Å²) in [4.78, 5) is 190. The Hall–Kier alpha value is -7.04. The summed E-state index contributed by atoms with van der Waals surface area (Å²) in [6.45, 7) is -23.6. The molecule has 0 aliphatic carbocycles. The molecule has 0 amide bonds. The van der Waals surface area contributed by atoms with Crippen molar-refractivity contribution in [3.05, 3.63) is 133 Å². The molecule has 8 aromatic heterocycles. The fourth-order valence-corrected chi connectivity index (χ4v) is 23.6. The topological polar surface area (TPSA) is 786 Å². The Morgan fingerprint density at radius 1 is 0.425 bits per heavy atom. The summed E-state index contributed by atoms with van der Waals surface area (Å²) >= 11 is 28.3. The zero-order chi connectivity index (χ0) is 106. The lowest BCUT2D eigenvalue weighted by Crippen LogP contribution is -2.42. The fraction of sp³-hybridized carbons (Fsp3) is 0.658. The third-order valence-electron chi connectivity index (χ3n) is 23.5. The van der Waals surface area contributed by atoms with E-state index < -0.39 is 266 Å². The summed E-state index contributed by atoms with van der Waals surface area (Å²) < 4.78 is 180. The minimum absolute atomic E-state index is 0.0991. The number of rotatable bonds is 52. The molecule has 0 aromatic carbocycles. The predicted molar refractivity (Wildman–Crippen MR) is 513 cm³/mol. The van der Waals surface area contributed by atoms with E-state index >= 15 is 19.2 Å². The van der Waals surface area contributed by atoms with Gasteiger partial charge in [-0.25, -0.2) is 29.1 Å². The van der Waals surface area contributed by atoms with E-state index in [-0.39, 0.29) is 129 Å². The van der Waals surface area contributed by atoms with Crippen LogP contribution in [0.3, 0.4) is 0 Å². The Balaban J connectivity index is 0.766. The van der Waals surface area contributed by atoms with Gasteiger partial charge >= 0.3 is 22.8 Å². The average Bonchev–Trinajstić information content (AvgIpc) is 1.60. The van der Waals surface area contributed by atoms with Crippen molar-refractivity contribution in [2.75, 3.05) is 156 Å². The van der Waals surface area contributed by atoms with Crippen molar-refractivity contribution >= 4 is 145 Å². The van der Waals surface area contributed by atoms with E-state index in [9.17, 15) is 43.6 Å². The summed E-state index contributed by atoms with van der Waals surface area (Å²) in [5, 5.41) is 11.8. The number of anilines is 5. The van der Waals surface area contributed by atoms with Crippen LogP contribution < -0.4 is 87.7 Å². The van der Waals surface area contributed by atoms with Crippen LogP contribution in [0.1, 0.15) is 86.3 Å². The number of nitrogens with zero attached hydrogens (tertiary/aromatic N) is 13. The molecule has 0 spiro atoms. The van der Waals surface area contributed by atoms with E-state index in [0.29, 0.717) is 5.56 Å². The maximum Gasteiger partial charge on any atom is 0.351 e. The van der Waals surface area contributed by atoms with Gasteiger partial charge in [-0.15, -0.1) is 0 Å². The predicted octanol–water partition coefficient (Wildman–Crippen LogP) is -4.23. The van der Waals surface area contributed by atoms with Crippen molar-refractivity contribution in [3.8, 4) is 0 Å². The zero-order valence-corrected chi connectivity index (χ0v) is 87.8. The second-order valence-corrected chi connectivity index (χ2v) is 46.8. The van der Waals surface area contributed by atoms with Gasteiger partial charge in [0.1, 0.15) is 149 Å². The average molecular weight is 2250 g/mol. The molecule has 6 saturated heterocycles. The molecule has 0 radical (unpaired) electrons. The Labute approximate surface area is 852 Å². The van der Waals surface area contributed by atoms with Crippen LogP contribution in [0, 0.1) is 27.7 Å². The van der Waals surface area contributed by atoms with Crippen molar-refractivity contribution in [3.63, 3.8) is 0 Å². The highest BCUT2D eigenvalue weighted by molar-refractivity contribution is 8.32. The highest BCUT2D eigenvalue weighted by atomic mass is 32.7. The molecule has 146 heavy (non-hydrogen) atoms. The summed E-state index contributed by atoms with van der Waals surface area (Å²) in [6, 6.07) is 0. The molecule has 6 aliphatic heterocycles. The van der Waals surface area contributed by atoms with E-state index in [0.717, 1.165) is 35.5 Å². The first kappa shape index (κ1) is 115. The second-order valence-electron chi connectivity index (χ2n) is 33.3. The number of H-pyrrole nitrogens is 3. The molecular weight excluding hydrogens is 2150 g/mol. The Morgan fingerprint density at radius 2 is 0.767 bits per heavy atom. The highest BCUT2D eigenvalue weighted by Crippen LogP contribution is 2.57. The number of hydrogen-bond donors (Lipinski definition) is 9. The number of aliphatic hydroxyl groups is 1. The molecule has 10 unspecified atom stereocenters. The van der Waals surface area contributed by atoms with Gasteiger partial charge in [-0.3, -0.25) is 61.3 Å². The van der Waals surface area contributed by atoms with Crippen LogP contribution in [0.25, 0.3) is 22.3 Å². The van der Waals surface area contributed by atoms with Crippen LogP contribution in [-0.2, 0) is 185 Å². The smallest absolute Gasteiger partial charge is 0.351 e. The number of methoxy groups -OCH3 is 4. The highest BCUT2D eigenvalue weighted by Gasteiger charge is 2.57. The molecule has 60 nitrogen and oxygen atoms in total. The molecule has 6 fully saturated rings. The minimum atomic E-state index is -5.37. The van der Waals surface area contributed by atoms with Gasteiger partial charge in [0, 0.05) is 88.5 Å². The largest absolute Gasteiger partial charge is 0.780 e. The lowest BCUT2D eigenvalue weighted by Gasteiger charge is -2.38. The lowest BCUT2D eigenvalue weighted by molar-refractivity contribution is -0.223. The molecule has 0 bridgehead atoms. The molecule has 70 heteroatoms. The second kappa shape index (κ2) is 49.4. The Morgan fingerprint density at radius 3 is 1.14 bits per heavy atom. The van der Waals surface area contributed by atoms with Crippen molar-refractivity contribution < 1.29 is 150 Å². The molecule has 14 rings (SSSR count). The SMILES string of the molecule is CCOCOC1[C@@H](O)[C@@H](COP([O-])(=S)O[C@@H]2C(OCCOC)[C@H](n3cnc4c(=O)[nH]c(N)nc43)O[C@@H]2COP([O-])(=S)O[C@@H]2C(OCCOC)[C@H](n3cnc4c(=O)[nH]c(N)nc43)O[C@@H]2COP([O-])(=S)O[C@@H]2C(OCCOC)[C@H](n3cc(C)c(N)nc3=O)O[C@@H]2COP(=O)([S-])O[C@@H]2C(OCCOC)[C@H](n3cc(C)c(N)nc3=O)O[C@@H]2COP([O-])(=S)O[C@@H]2C[C@H](n3cc(C)c(=O)[nH]c3=O)O[C@@H]2CC)O[C@H]1n1cc(C)c(N)nc1=O. The van der Waals surface area contributed by atoms with E-state index in [1.807, 2.05) is 0 Å². The minimum Gasteiger partial charge on any atom is -0.780 e. The third-order valence-corrected chi connectivity index (χ3v) is 31.2. The van der Waals surface area contributed by atoms with Gasteiger partial charge < -0.3 is 187 Å². The van der Waals surface area contributed by atoms with Crippen LogP contribution in [0.15, 0.2) is 71.0 Å². The van der Waals surface area contributed by atoms with Crippen molar-refractivity contribution in [1.82, 2.24) is 77.2 Å². The third kappa shape index (κ3) is 27.2. The molecule has 8 aromatic rings. The van der Waals surface area contributed by atoms with Gasteiger partial charge in [0.05, 0.1) is 111 Å². The molecule has 6 aliphatic rings. The van der Waals surface area contributed by atoms with Gasteiger partial charge in [-0.1, -0.05) is 54.2 Å². The molecule has 28 atom stereocenters. The standard InChI is InChI=1S/C76H112N21O39P5S5/c1-11-38-39(21-45(126-38)92-25-37(6)63(99)91-76(92)105)132-137(106,142)122-27-41-49(54(116-17-13-111-7)67(128-41)94-23-35(4)59(78)85-74(94)103)133-139(108,144)123-28-42-50(55(117-18-14-112-8)68(129-42)95-24-36(5)60(79)86-75(95)104)134-140(109,145)124-30-44-52(57(119-20-16-114-10)70(131-44)97-32-83-47-62(97)88-72(81)90-65(47)101)136-141(110,146)125-29-43-51(56(118-19-15-113-9)69(130-43)96-31-82-46-61(96)87-71(80)89-64(46)100)135-138(107,143)121-26-40-48(98)53(120-33-115-12-2)66(127-40)93-22-34(3)58(77)84-73(93)102/h22-25,31-32,38-45,48-57,66-70,98H,11-21,26-30,33H2,1-10H3,(H,106,142)(H,107,143)(H,108,144)(H,109,145)(H,110,146)(H2,77,84,102)(H2,78,85,103)(H2,79,86,104)(H,91,99,105)(H3,80,87,89,100)(H3,81,88,90,101)/p-5/t38-,39-,40-,41-,42-,43-,44-,45-,48+,49+,50+,51+,52+,53?,54?,55?,56?,57?,66-,67-,68-,69-,70-,137?,138?,139?,140?,141?/m1/s1. The Bertz CT molecular complexity index is 6640. The number of hydrogen-bond acceptors (Lipinski definition) is 56. The molecule has 14 N–H and O–H groups in total. The van der Waals surface area contributed by atoms with Crippen molar-refractivity contribution in [2.45, 2.75) is 196 Å². The maximum absolute atomic E-state index is 15.7. The quantitative estimate of drug-likeness (QED) is 0.00755. The summed E-state index contributed by atoms with van der Waals surface area (Å²) in [5.74, 6) is -1.30. The monoisotopic (exact) mass is 2250 g/mol. The van der Waals surface area contributed by atoms with Crippen LogP contribution in [0.5, 0.6) is 0 Å². The first-order chi connectivity index (χ1) is 69.3. The molecular formula is C76H107N21O39P5S5-5. The lowest BCUT2D eigenvalue weighted by atomic mass is 10.1. The number of nitrogen functional groups attached to an aromatic ring is 5. The zero-order valence-electron chi connectivity index (χ0n) is 79.2. The van der Waals surface area contributed by atoms with Crippen LogP contribution in [-0.4, -0.2) is 314 Å². The number of aryl methyl sites for hydroxylation is 4. The first-order valence-electron chi connectivity index (χ1n) is 44.5. The van der Waals surface area contributed by atoms with Gasteiger partial charge in [-0.2, -0.15) is 24.9 Å².